The molecule has 0 rings (SSSR count). The molecule has 0 bridgehead atoms. The van der Waals surface area contributed by atoms with Crippen molar-refractivity contribution in [2.75, 3.05) is 11.5 Å². The van der Waals surface area contributed by atoms with E-state index in [-0.39, 0.29) is 24.3 Å². The molecule has 0 saturated heterocycles. The molecular weight excluding hydrogens is 406 g/mol. The van der Waals surface area contributed by atoms with Gasteiger partial charge in [-0.05, 0) is 31.1 Å². The van der Waals surface area contributed by atoms with Gasteiger partial charge in [0.15, 0.2) is 0 Å². The number of allylic oxidation sites excluding steroid dienone is 2. The summed E-state index contributed by atoms with van der Waals surface area (Å²) in [7, 11) is 0. The van der Waals surface area contributed by atoms with E-state index in [0.29, 0.717) is 0 Å². The highest BCUT2D eigenvalue weighted by molar-refractivity contribution is 8.02. The Morgan fingerprint density at radius 2 is 1.46 bits per heavy atom. The number of carboxylic acid groups (broad SMARTS) is 2. The van der Waals surface area contributed by atoms with E-state index in [1.807, 2.05) is 0 Å². The van der Waals surface area contributed by atoms with Crippen molar-refractivity contribution in [3.8, 4) is 0 Å². The summed E-state index contributed by atoms with van der Waals surface area (Å²) >= 11 is 2.52. The highest BCUT2D eigenvalue weighted by Gasteiger charge is 2.26. The Hall–Kier alpha value is -1.98. The summed E-state index contributed by atoms with van der Waals surface area (Å²) in [6.07, 6.45) is 3.28. The summed E-state index contributed by atoms with van der Waals surface area (Å²) in [6, 6.07) is -3.25. The number of amides is 2. The van der Waals surface area contributed by atoms with Crippen LogP contribution in [0.5, 0.6) is 0 Å². The van der Waals surface area contributed by atoms with Crippen molar-refractivity contribution in [2.45, 2.75) is 44.8 Å². The van der Waals surface area contributed by atoms with Crippen LogP contribution >= 0.6 is 23.5 Å². The van der Waals surface area contributed by atoms with Gasteiger partial charge >= 0.3 is 11.9 Å². The number of carbonyl (C=O) groups excluding carboxylic acids is 2. The number of hydrogen-bond donors (Lipinski definition) is 5. The minimum atomic E-state index is -1.21. The SMILES string of the molecule is CC=CSCC(NC(=O)C(CSC=CC)NC(=O)CCC(N)C(=O)O)C(=O)O. The standard InChI is InChI=1S/C17H27N3O6S2/c1-3-7-27-9-12(19-14(21)6-5-11(18)16(23)24)15(22)20-13(17(25)26)10-28-8-4-2/h3-4,7-8,11-13H,5-6,9-10,18H2,1-2H3,(H,19,21)(H,20,22)(H,23,24)(H,25,26). The normalized spacial score (nSPS) is 14.5. The van der Waals surface area contributed by atoms with Gasteiger partial charge in [0.1, 0.15) is 18.1 Å². The average molecular weight is 434 g/mol. The molecule has 11 heteroatoms. The van der Waals surface area contributed by atoms with Crippen molar-refractivity contribution < 1.29 is 29.4 Å². The molecule has 0 aliphatic rings. The molecule has 0 aliphatic heterocycles. The Kier molecular flexibility index (Phi) is 13.9. The fourth-order valence-electron chi connectivity index (χ4n) is 1.80. The van der Waals surface area contributed by atoms with E-state index >= 15 is 0 Å². The number of rotatable bonds is 14. The van der Waals surface area contributed by atoms with Crippen molar-refractivity contribution in [1.82, 2.24) is 10.6 Å². The van der Waals surface area contributed by atoms with Gasteiger partial charge in [0.05, 0.1) is 0 Å². The molecule has 0 saturated carbocycles. The molecule has 0 fully saturated rings. The smallest absolute Gasteiger partial charge is 0.327 e. The second kappa shape index (κ2) is 15.0. The lowest BCUT2D eigenvalue weighted by atomic mass is 10.1. The lowest BCUT2D eigenvalue weighted by Crippen LogP contribution is -2.53. The lowest BCUT2D eigenvalue weighted by molar-refractivity contribution is -0.141. The van der Waals surface area contributed by atoms with Gasteiger partial charge in [-0.1, -0.05) is 12.2 Å². The third kappa shape index (κ3) is 11.7. The topological polar surface area (TPSA) is 159 Å². The molecule has 0 radical (unpaired) electrons. The molecule has 2 amide bonds. The second-order valence-corrected chi connectivity index (χ2v) is 7.49. The molecule has 0 aromatic rings. The van der Waals surface area contributed by atoms with E-state index < -0.39 is 41.9 Å². The van der Waals surface area contributed by atoms with Gasteiger partial charge in [-0.25, -0.2) is 4.79 Å². The van der Waals surface area contributed by atoms with Crippen LogP contribution in [0, 0.1) is 0 Å². The van der Waals surface area contributed by atoms with E-state index in [9.17, 15) is 24.3 Å². The van der Waals surface area contributed by atoms with Crippen LogP contribution in [-0.4, -0.2) is 63.6 Å². The van der Waals surface area contributed by atoms with Crippen molar-refractivity contribution in [2.24, 2.45) is 5.73 Å². The number of hydrogen-bond acceptors (Lipinski definition) is 7. The Bertz CT molecular complexity index is 597. The largest absolute Gasteiger partial charge is 0.480 e. The van der Waals surface area contributed by atoms with Gasteiger partial charge in [0.2, 0.25) is 11.8 Å². The highest BCUT2D eigenvalue weighted by Crippen LogP contribution is 2.08. The molecule has 6 N–H and O–H groups in total. The van der Waals surface area contributed by atoms with Gasteiger partial charge in [0.25, 0.3) is 0 Å². The van der Waals surface area contributed by atoms with Crippen molar-refractivity contribution in [3.05, 3.63) is 23.0 Å². The summed E-state index contributed by atoms with van der Waals surface area (Å²) in [6.45, 7) is 3.59. The molecule has 0 aromatic carbocycles. The van der Waals surface area contributed by atoms with Gasteiger partial charge in [-0.3, -0.25) is 14.4 Å². The first-order valence-corrected chi connectivity index (χ1v) is 10.6. The van der Waals surface area contributed by atoms with Crippen LogP contribution in [0.3, 0.4) is 0 Å². The minimum absolute atomic E-state index is 0.0742. The van der Waals surface area contributed by atoms with Gasteiger partial charge < -0.3 is 26.6 Å². The number of nitrogens with one attached hydrogen (secondary N) is 2. The number of nitrogens with two attached hydrogens (primary N) is 1. The molecule has 3 unspecified atom stereocenters. The Morgan fingerprint density at radius 1 is 0.929 bits per heavy atom. The summed E-state index contributed by atoms with van der Waals surface area (Å²) in [5.74, 6) is -3.21. The third-order valence-corrected chi connectivity index (χ3v) is 5.24. The summed E-state index contributed by atoms with van der Waals surface area (Å²) in [5, 5.41) is 26.4. The van der Waals surface area contributed by atoms with Crippen LogP contribution in [0.1, 0.15) is 26.7 Å². The summed E-state index contributed by atoms with van der Waals surface area (Å²) < 4.78 is 0. The third-order valence-electron chi connectivity index (χ3n) is 3.26. The summed E-state index contributed by atoms with van der Waals surface area (Å²) in [5.41, 5.74) is 5.37. The zero-order valence-corrected chi connectivity index (χ0v) is 17.4. The van der Waals surface area contributed by atoms with Crippen LogP contribution in [0.4, 0.5) is 0 Å². The zero-order valence-electron chi connectivity index (χ0n) is 15.8. The first-order chi connectivity index (χ1) is 13.2. The van der Waals surface area contributed by atoms with Gasteiger partial charge in [-0.2, -0.15) is 0 Å². The Morgan fingerprint density at radius 3 is 1.93 bits per heavy atom. The van der Waals surface area contributed by atoms with Crippen LogP contribution in [0.25, 0.3) is 0 Å². The number of thioether (sulfide) groups is 2. The van der Waals surface area contributed by atoms with E-state index in [4.69, 9.17) is 10.8 Å². The van der Waals surface area contributed by atoms with Crippen LogP contribution in [0.15, 0.2) is 23.0 Å². The molecular formula is C17H27N3O6S2. The average Bonchev–Trinajstić information content (AvgIpc) is 2.64. The predicted octanol–water partition coefficient (Wildman–Crippen LogP) is 0.766. The first kappa shape index (κ1) is 26.0. The molecule has 158 valence electrons. The fraction of sp³-hybridized carbons (Fsp3) is 0.529. The van der Waals surface area contributed by atoms with Crippen molar-refractivity contribution in [3.63, 3.8) is 0 Å². The molecule has 9 nitrogen and oxygen atoms in total. The molecule has 3 atom stereocenters. The fourth-order valence-corrected chi connectivity index (χ4v) is 3.26. The maximum absolute atomic E-state index is 12.5. The molecule has 0 heterocycles. The number of carbonyl (C=O) groups is 4. The van der Waals surface area contributed by atoms with E-state index in [1.165, 1.54) is 23.5 Å². The van der Waals surface area contributed by atoms with E-state index in [1.54, 1.807) is 36.8 Å². The zero-order chi connectivity index (χ0) is 21.5. The highest BCUT2D eigenvalue weighted by atomic mass is 32.2. The Labute approximate surface area is 172 Å². The second-order valence-electron chi connectivity index (χ2n) is 5.61. The number of aliphatic carboxylic acids is 2. The number of carboxylic acids is 2. The molecule has 28 heavy (non-hydrogen) atoms. The molecule has 0 aliphatic carbocycles. The Balaban J connectivity index is 4.94. The molecule has 0 spiro atoms. The maximum Gasteiger partial charge on any atom is 0.327 e. The predicted molar refractivity (Wildman–Crippen MR) is 111 cm³/mol. The van der Waals surface area contributed by atoms with Crippen molar-refractivity contribution >= 4 is 47.3 Å². The monoisotopic (exact) mass is 433 g/mol. The quantitative estimate of drug-likeness (QED) is 0.267. The van der Waals surface area contributed by atoms with Crippen molar-refractivity contribution in [1.29, 1.82) is 0 Å². The van der Waals surface area contributed by atoms with E-state index in [0.717, 1.165) is 0 Å². The van der Waals surface area contributed by atoms with E-state index in [2.05, 4.69) is 10.6 Å². The lowest BCUT2D eigenvalue weighted by Gasteiger charge is -2.21. The minimum Gasteiger partial charge on any atom is -0.480 e. The molecule has 0 aromatic heterocycles. The van der Waals surface area contributed by atoms with Gasteiger partial charge in [-0.15, -0.1) is 23.5 Å². The summed E-state index contributed by atoms with van der Waals surface area (Å²) in [4.78, 5) is 46.6. The van der Waals surface area contributed by atoms with Crippen LogP contribution in [0.2, 0.25) is 0 Å². The maximum atomic E-state index is 12.5. The first-order valence-electron chi connectivity index (χ1n) is 8.49. The van der Waals surface area contributed by atoms with Crippen LogP contribution < -0.4 is 16.4 Å². The van der Waals surface area contributed by atoms with Gasteiger partial charge in [0, 0.05) is 17.9 Å². The van der Waals surface area contributed by atoms with Crippen LogP contribution in [-0.2, 0) is 19.2 Å².